The smallest absolute Gasteiger partial charge is 0.189 e. The van der Waals surface area contributed by atoms with Crippen LogP contribution < -0.4 is 4.74 Å². The highest BCUT2D eigenvalue weighted by Gasteiger charge is 2.28. The summed E-state index contributed by atoms with van der Waals surface area (Å²) in [6.45, 7) is 26.4. The van der Waals surface area contributed by atoms with Crippen molar-refractivity contribution in [3.05, 3.63) is 28.8 Å². The van der Waals surface area contributed by atoms with Gasteiger partial charge in [-0.25, -0.2) is 0 Å². The molecule has 1 aromatic carbocycles. The van der Waals surface area contributed by atoms with Crippen LogP contribution in [-0.4, -0.2) is 24.8 Å². The van der Waals surface area contributed by atoms with Crippen LogP contribution >= 0.6 is 0 Å². The molecule has 0 radical (unpaired) electrons. The van der Waals surface area contributed by atoms with Crippen LogP contribution in [-0.2, 0) is 31.6 Å². The van der Waals surface area contributed by atoms with Crippen molar-refractivity contribution in [2.75, 3.05) is 13.6 Å². The van der Waals surface area contributed by atoms with Gasteiger partial charge in [-0.15, -0.1) is 0 Å². The molecule has 0 saturated carbocycles. The molecule has 29 heavy (non-hydrogen) atoms. The zero-order chi connectivity index (χ0) is 22.7. The summed E-state index contributed by atoms with van der Waals surface area (Å²) >= 11 is 0. The van der Waals surface area contributed by atoms with E-state index in [9.17, 15) is 0 Å². The molecule has 0 bridgehead atoms. The standard InChI is InChI=1S/C25H44O4/c1-22(2,3)19-13-18(15-26-16-28-24(7,8)9)14-20(23(4,5)6)21(19)27-17-29-25(10,11)12/h13-14H,15-17H2,1-12H3. The van der Waals surface area contributed by atoms with Crippen LogP contribution in [0.4, 0.5) is 0 Å². The van der Waals surface area contributed by atoms with E-state index in [1.54, 1.807) is 0 Å². The molecule has 4 heteroatoms. The predicted molar refractivity (Wildman–Crippen MR) is 121 cm³/mol. The highest BCUT2D eigenvalue weighted by Crippen LogP contribution is 2.41. The van der Waals surface area contributed by atoms with Crippen molar-refractivity contribution < 1.29 is 18.9 Å². The summed E-state index contributed by atoms with van der Waals surface area (Å²) in [5.41, 5.74) is 2.85. The minimum Gasteiger partial charge on any atom is -0.467 e. The molecule has 1 rings (SSSR count). The average molecular weight is 409 g/mol. The Morgan fingerprint density at radius 2 is 1.03 bits per heavy atom. The van der Waals surface area contributed by atoms with Crippen LogP contribution in [0.15, 0.2) is 12.1 Å². The van der Waals surface area contributed by atoms with Crippen molar-refractivity contribution >= 4 is 0 Å². The average Bonchev–Trinajstić information content (AvgIpc) is 2.47. The Morgan fingerprint density at radius 1 is 0.621 bits per heavy atom. The topological polar surface area (TPSA) is 36.9 Å². The van der Waals surface area contributed by atoms with Gasteiger partial charge in [-0.3, -0.25) is 0 Å². The molecule has 0 fully saturated rings. The van der Waals surface area contributed by atoms with Crippen molar-refractivity contribution in [2.45, 2.75) is 112 Å². The third-order valence-electron chi connectivity index (χ3n) is 4.30. The summed E-state index contributed by atoms with van der Waals surface area (Å²) in [7, 11) is 0. The maximum absolute atomic E-state index is 6.23. The number of ether oxygens (including phenoxy) is 4. The summed E-state index contributed by atoms with van der Waals surface area (Å²) in [6, 6.07) is 4.39. The molecule has 0 unspecified atom stereocenters. The summed E-state index contributed by atoms with van der Waals surface area (Å²) in [4.78, 5) is 0. The molecule has 0 atom stereocenters. The number of rotatable bonds is 7. The van der Waals surface area contributed by atoms with Crippen LogP contribution in [0.5, 0.6) is 5.75 Å². The molecule has 4 nitrogen and oxygen atoms in total. The summed E-state index contributed by atoms with van der Waals surface area (Å²) in [5, 5.41) is 0. The quantitative estimate of drug-likeness (QED) is 0.370. The van der Waals surface area contributed by atoms with Gasteiger partial charge in [-0.1, -0.05) is 41.5 Å². The zero-order valence-corrected chi connectivity index (χ0v) is 20.9. The molecule has 0 heterocycles. The van der Waals surface area contributed by atoms with Crippen molar-refractivity contribution in [3.63, 3.8) is 0 Å². The fraction of sp³-hybridized carbons (Fsp3) is 0.760. The highest BCUT2D eigenvalue weighted by atomic mass is 16.7. The molecule has 0 amide bonds. The minimum absolute atomic E-state index is 0.0744. The lowest BCUT2D eigenvalue weighted by atomic mass is 9.78. The van der Waals surface area contributed by atoms with Gasteiger partial charge in [0, 0.05) is 11.1 Å². The number of hydrogen-bond donors (Lipinski definition) is 0. The van der Waals surface area contributed by atoms with E-state index in [-0.39, 0.29) is 35.6 Å². The van der Waals surface area contributed by atoms with E-state index >= 15 is 0 Å². The monoisotopic (exact) mass is 408 g/mol. The van der Waals surface area contributed by atoms with Gasteiger partial charge < -0.3 is 18.9 Å². The van der Waals surface area contributed by atoms with Crippen LogP contribution in [0.1, 0.15) is 99.8 Å². The lowest BCUT2D eigenvalue weighted by molar-refractivity contribution is -0.125. The fourth-order valence-corrected chi connectivity index (χ4v) is 2.68. The highest BCUT2D eigenvalue weighted by molar-refractivity contribution is 5.50. The SMILES string of the molecule is CC(C)(C)OCOCc1cc(C(C)(C)C)c(OCOC(C)(C)C)c(C(C)(C)C)c1. The van der Waals surface area contributed by atoms with Crippen LogP contribution in [0.2, 0.25) is 0 Å². The van der Waals surface area contributed by atoms with Crippen LogP contribution in [0.3, 0.4) is 0 Å². The first-order chi connectivity index (χ1) is 12.9. The molecular formula is C25H44O4. The van der Waals surface area contributed by atoms with Gasteiger partial charge in [0.05, 0.1) is 17.8 Å². The number of benzene rings is 1. The lowest BCUT2D eigenvalue weighted by Crippen LogP contribution is -2.25. The predicted octanol–water partition coefficient (Wildman–Crippen LogP) is 6.72. The Balaban J connectivity index is 3.22. The maximum Gasteiger partial charge on any atom is 0.189 e. The molecule has 0 aliphatic heterocycles. The Morgan fingerprint density at radius 3 is 1.41 bits per heavy atom. The minimum atomic E-state index is -0.245. The second-order valence-electron chi connectivity index (χ2n) is 11.8. The second kappa shape index (κ2) is 9.36. The van der Waals surface area contributed by atoms with Crippen molar-refractivity contribution in [3.8, 4) is 5.75 Å². The molecule has 0 spiro atoms. The van der Waals surface area contributed by atoms with E-state index in [0.29, 0.717) is 6.61 Å². The van der Waals surface area contributed by atoms with E-state index < -0.39 is 0 Å². The summed E-state index contributed by atoms with van der Waals surface area (Å²) in [5.74, 6) is 0.920. The Kier molecular flexibility index (Phi) is 8.37. The van der Waals surface area contributed by atoms with Crippen molar-refractivity contribution in [2.24, 2.45) is 0 Å². The molecule has 0 aliphatic carbocycles. The Bertz CT molecular complexity index is 614. The van der Waals surface area contributed by atoms with E-state index in [4.69, 9.17) is 18.9 Å². The van der Waals surface area contributed by atoms with Gasteiger partial charge in [0.15, 0.2) is 6.79 Å². The van der Waals surface area contributed by atoms with Gasteiger partial charge in [-0.05, 0) is 70.1 Å². The van der Waals surface area contributed by atoms with Gasteiger partial charge in [-0.2, -0.15) is 0 Å². The van der Waals surface area contributed by atoms with Crippen LogP contribution in [0.25, 0.3) is 0 Å². The van der Waals surface area contributed by atoms with Gasteiger partial charge >= 0.3 is 0 Å². The zero-order valence-electron chi connectivity index (χ0n) is 20.9. The summed E-state index contributed by atoms with van der Waals surface area (Å²) in [6.07, 6.45) is 0. The molecule has 0 N–H and O–H groups in total. The fourth-order valence-electron chi connectivity index (χ4n) is 2.68. The Hall–Kier alpha value is -1.10. The van der Waals surface area contributed by atoms with E-state index in [0.717, 1.165) is 22.4 Å². The summed E-state index contributed by atoms with van der Waals surface area (Å²) < 4.78 is 23.6. The van der Waals surface area contributed by atoms with Crippen molar-refractivity contribution in [1.29, 1.82) is 0 Å². The lowest BCUT2D eigenvalue weighted by Gasteiger charge is -2.31. The molecule has 0 aromatic heterocycles. The van der Waals surface area contributed by atoms with Gasteiger partial charge in [0.25, 0.3) is 0 Å². The molecule has 0 saturated heterocycles. The molecule has 168 valence electrons. The first-order valence-electron chi connectivity index (χ1n) is 10.6. The largest absolute Gasteiger partial charge is 0.467 e. The van der Waals surface area contributed by atoms with E-state index in [1.165, 1.54) is 0 Å². The maximum atomic E-state index is 6.23. The van der Waals surface area contributed by atoms with Gasteiger partial charge in [0.1, 0.15) is 12.5 Å². The van der Waals surface area contributed by atoms with Gasteiger partial charge in [0.2, 0.25) is 0 Å². The third-order valence-corrected chi connectivity index (χ3v) is 4.30. The normalized spacial score (nSPS) is 13.7. The third kappa shape index (κ3) is 9.50. The van der Waals surface area contributed by atoms with E-state index in [1.807, 2.05) is 41.5 Å². The second-order valence-corrected chi connectivity index (χ2v) is 11.8. The first-order valence-corrected chi connectivity index (χ1v) is 10.6. The molecule has 1 aromatic rings. The Labute approximate surface area is 179 Å². The molecule has 0 aliphatic rings. The van der Waals surface area contributed by atoms with Crippen molar-refractivity contribution in [1.82, 2.24) is 0 Å². The molecular weight excluding hydrogens is 364 g/mol. The first kappa shape index (κ1) is 25.9. The van der Waals surface area contributed by atoms with Crippen LogP contribution in [0, 0.1) is 0 Å². The van der Waals surface area contributed by atoms with E-state index in [2.05, 4.69) is 53.7 Å². The number of hydrogen-bond acceptors (Lipinski definition) is 4.